The van der Waals surface area contributed by atoms with E-state index in [-0.39, 0.29) is 32.8 Å². The van der Waals surface area contributed by atoms with Crippen molar-refractivity contribution in [1.29, 1.82) is 0 Å². The van der Waals surface area contributed by atoms with Crippen LogP contribution in [0, 0.1) is 0 Å². The van der Waals surface area contributed by atoms with Crippen molar-refractivity contribution in [2.75, 3.05) is 26.4 Å². The zero-order valence-electron chi connectivity index (χ0n) is 12.6. The number of aromatic amines is 1. The number of halogens is 3. The zero-order chi connectivity index (χ0) is 17.5. The second kappa shape index (κ2) is 8.85. The first-order valence-corrected chi connectivity index (χ1v) is 7.04. The van der Waals surface area contributed by atoms with Crippen molar-refractivity contribution in [2.24, 2.45) is 0 Å². The van der Waals surface area contributed by atoms with Crippen molar-refractivity contribution < 1.29 is 27.8 Å². The number of aliphatic hydroxyl groups is 1. The molecule has 0 aliphatic carbocycles. The van der Waals surface area contributed by atoms with Gasteiger partial charge in [-0.1, -0.05) is 6.92 Å². The molecule has 23 heavy (non-hydrogen) atoms. The van der Waals surface area contributed by atoms with Gasteiger partial charge in [0, 0.05) is 19.2 Å². The highest BCUT2D eigenvalue weighted by Gasteiger charge is 2.35. The number of nitrogens with one attached hydrogen (secondary N) is 1. The number of hydrogen-bond donors (Lipinski definition) is 2. The Hall–Kier alpha value is -1.65. The fourth-order valence-electron chi connectivity index (χ4n) is 1.81. The molecule has 0 saturated carbocycles. The van der Waals surface area contributed by atoms with Crippen LogP contribution in [0.5, 0.6) is 0 Å². The smallest absolute Gasteiger partial charge is 0.394 e. The van der Waals surface area contributed by atoms with Gasteiger partial charge in [0.05, 0.1) is 19.8 Å². The Morgan fingerprint density at radius 3 is 2.57 bits per heavy atom. The van der Waals surface area contributed by atoms with Crippen molar-refractivity contribution in [3.8, 4) is 0 Å². The summed E-state index contributed by atoms with van der Waals surface area (Å²) < 4.78 is 49.5. The van der Waals surface area contributed by atoms with E-state index >= 15 is 0 Å². The minimum Gasteiger partial charge on any atom is -0.394 e. The predicted molar refractivity (Wildman–Crippen MR) is 74.1 cm³/mol. The molecule has 0 saturated heterocycles. The standard InChI is InChI=1S/C13H19F3N2O5/c1-2-5-23-10(3-6-22-7-4-19)18-8-9(13(14,15)16)11(20)17-12(18)21/h8,10,19H,2-7H2,1H3,(H,17,20,21). The van der Waals surface area contributed by atoms with Crippen LogP contribution in [0.15, 0.2) is 15.8 Å². The highest BCUT2D eigenvalue weighted by Crippen LogP contribution is 2.26. The van der Waals surface area contributed by atoms with Gasteiger partial charge in [0.2, 0.25) is 0 Å². The molecule has 1 aromatic rings. The zero-order valence-corrected chi connectivity index (χ0v) is 12.6. The van der Waals surface area contributed by atoms with Crippen LogP contribution in [-0.2, 0) is 15.7 Å². The van der Waals surface area contributed by atoms with E-state index in [4.69, 9.17) is 14.6 Å². The number of H-pyrrole nitrogens is 1. The molecule has 0 aliphatic heterocycles. The number of aliphatic hydroxyl groups excluding tert-OH is 1. The SMILES string of the molecule is CCCOC(CCOCCO)n1cc(C(F)(F)F)c(=O)[nH]c1=O. The molecule has 0 spiro atoms. The normalized spacial score (nSPS) is 13.3. The lowest BCUT2D eigenvalue weighted by molar-refractivity contribution is -0.139. The van der Waals surface area contributed by atoms with Crippen LogP contribution >= 0.6 is 0 Å². The molecule has 132 valence electrons. The summed E-state index contributed by atoms with van der Waals surface area (Å²) >= 11 is 0. The molecule has 10 heteroatoms. The number of rotatable bonds is 9. The van der Waals surface area contributed by atoms with Gasteiger partial charge < -0.3 is 14.6 Å². The van der Waals surface area contributed by atoms with Gasteiger partial charge >= 0.3 is 11.9 Å². The van der Waals surface area contributed by atoms with Crippen molar-refractivity contribution >= 4 is 0 Å². The van der Waals surface area contributed by atoms with Gasteiger partial charge in [0.15, 0.2) is 0 Å². The third kappa shape index (κ3) is 5.81. The van der Waals surface area contributed by atoms with Crippen LogP contribution < -0.4 is 11.2 Å². The van der Waals surface area contributed by atoms with Crippen LogP contribution in [0.25, 0.3) is 0 Å². The van der Waals surface area contributed by atoms with E-state index in [9.17, 15) is 22.8 Å². The van der Waals surface area contributed by atoms with Gasteiger partial charge in [-0.15, -0.1) is 0 Å². The highest BCUT2D eigenvalue weighted by atomic mass is 19.4. The van der Waals surface area contributed by atoms with E-state index in [0.29, 0.717) is 17.2 Å². The lowest BCUT2D eigenvalue weighted by Crippen LogP contribution is -2.37. The first-order chi connectivity index (χ1) is 10.8. The monoisotopic (exact) mass is 340 g/mol. The average Bonchev–Trinajstić information content (AvgIpc) is 2.46. The third-order valence-corrected chi connectivity index (χ3v) is 2.84. The van der Waals surface area contributed by atoms with Crippen LogP contribution in [0.4, 0.5) is 13.2 Å². The molecule has 0 amide bonds. The molecule has 1 aromatic heterocycles. The van der Waals surface area contributed by atoms with Gasteiger partial charge in [-0.2, -0.15) is 13.2 Å². The van der Waals surface area contributed by atoms with E-state index < -0.39 is 29.2 Å². The Balaban J connectivity index is 3.08. The minimum atomic E-state index is -4.88. The second-order valence-electron chi connectivity index (χ2n) is 4.66. The Labute approximate surface area is 129 Å². The lowest BCUT2D eigenvalue weighted by Gasteiger charge is -2.21. The summed E-state index contributed by atoms with van der Waals surface area (Å²) in [5.74, 6) is 0. The number of ether oxygens (including phenoxy) is 2. The second-order valence-corrected chi connectivity index (χ2v) is 4.66. The summed E-state index contributed by atoms with van der Waals surface area (Å²) in [6.45, 7) is 1.96. The molecule has 0 fully saturated rings. The van der Waals surface area contributed by atoms with Crippen molar-refractivity contribution in [3.05, 3.63) is 32.6 Å². The van der Waals surface area contributed by atoms with Crippen molar-refractivity contribution in [1.82, 2.24) is 9.55 Å². The maximum atomic E-state index is 12.8. The quantitative estimate of drug-likeness (QED) is 0.651. The molecule has 7 nitrogen and oxygen atoms in total. The summed E-state index contributed by atoms with van der Waals surface area (Å²) in [7, 11) is 0. The molecule has 0 bridgehead atoms. The van der Waals surface area contributed by atoms with Crippen LogP contribution in [-0.4, -0.2) is 41.1 Å². The molecule has 0 aliphatic rings. The Kier molecular flexibility index (Phi) is 7.46. The Morgan fingerprint density at radius 2 is 2.00 bits per heavy atom. The Bertz CT molecular complexity index is 596. The topological polar surface area (TPSA) is 93.5 Å². The fourth-order valence-corrected chi connectivity index (χ4v) is 1.81. The summed E-state index contributed by atoms with van der Waals surface area (Å²) in [5, 5.41) is 8.61. The van der Waals surface area contributed by atoms with E-state index in [1.54, 1.807) is 11.9 Å². The number of hydrogen-bond acceptors (Lipinski definition) is 5. The molecular formula is C13H19F3N2O5. The molecule has 1 heterocycles. The lowest BCUT2D eigenvalue weighted by atomic mass is 10.3. The molecular weight excluding hydrogens is 321 g/mol. The number of alkyl halides is 3. The molecule has 1 unspecified atom stereocenters. The summed E-state index contributed by atoms with van der Waals surface area (Å²) in [6, 6.07) is 0. The van der Waals surface area contributed by atoms with E-state index in [1.807, 2.05) is 0 Å². The average molecular weight is 340 g/mol. The summed E-state index contributed by atoms with van der Waals surface area (Å²) in [6.07, 6.45) is -4.76. The fraction of sp³-hybridized carbons (Fsp3) is 0.692. The maximum Gasteiger partial charge on any atom is 0.423 e. The Morgan fingerprint density at radius 1 is 1.30 bits per heavy atom. The third-order valence-electron chi connectivity index (χ3n) is 2.84. The van der Waals surface area contributed by atoms with Crippen LogP contribution in [0.1, 0.15) is 31.6 Å². The highest BCUT2D eigenvalue weighted by molar-refractivity contribution is 5.09. The van der Waals surface area contributed by atoms with Crippen molar-refractivity contribution in [3.63, 3.8) is 0 Å². The van der Waals surface area contributed by atoms with E-state index in [1.165, 1.54) is 0 Å². The first-order valence-electron chi connectivity index (χ1n) is 7.04. The molecule has 1 rings (SSSR count). The number of nitrogens with zero attached hydrogens (tertiary/aromatic N) is 1. The van der Waals surface area contributed by atoms with Crippen molar-refractivity contribution in [2.45, 2.75) is 32.2 Å². The summed E-state index contributed by atoms with van der Waals surface area (Å²) in [5.41, 5.74) is -3.96. The van der Waals surface area contributed by atoms with Crippen LogP contribution in [0.2, 0.25) is 0 Å². The maximum absolute atomic E-state index is 12.8. The molecule has 0 aromatic carbocycles. The van der Waals surface area contributed by atoms with Crippen LogP contribution in [0.3, 0.4) is 0 Å². The molecule has 1 atom stereocenters. The first kappa shape index (κ1) is 19.4. The van der Waals surface area contributed by atoms with Gasteiger partial charge in [0.25, 0.3) is 5.56 Å². The molecule has 2 N–H and O–H groups in total. The van der Waals surface area contributed by atoms with E-state index in [2.05, 4.69) is 0 Å². The van der Waals surface area contributed by atoms with Gasteiger partial charge in [-0.25, -0.2) is 4.79 Å². The largest absolute Gasteiger partial charge is 0.423 e. The summed E-state index contributed by atoms with van der Waals surface area (Å²) in [4.78, 5) is 24.7. The number of aromatic nitrogens is 2. The predicted octanol–water partition coefficient (Wildman–Crippen LogP) is 0.880. The van der Waals surface area contributed by atoms with Gasteiger partial charge in [0.1, 0.15) is 11.8 Å². The minimum absolute atomic E-state index is 0.0643. The van der Waals surface area contributed by atoms with E-state index in [0.717, 1.165) is 0 Å². The van der Waals surface area contributed by atoms with Gasteiger partial charge in [-0.05, 0) is 6.42 Å². The van der Waals surface area contributed by atoms with Gasteiger partial charge in [-0.3, -0.25) is 14.3 Å². The molecule has 0 radical (unpaired) electrons.